The van der Waals surface area contributed by atoms with E-state index in [9.17, 15) is 4.79 Å². The van der Waals surface area contributed by atoms with Crippen LogP contribution >= 0.6 is 0 Å². The molecule has 0 bridgehead atoms. The number of aromatic nitrogens is 3. The summed E-state index contributed by atoms with van der Waals surface area (Å²) < 4.78 is 21.3. The maximum atomic E-state index is 12.3. The summed E-state index contributed by atoms with van der Waals surface area (Å²) in [4.78, 5) is 16.8. The topological polar surface area (TPSA) is 108 Å². The highest BCUT2D eigenvalue weighted by Gasteiger charge is 2.16. The molecule has 0 radical (unpaired) electrons. The van der Waals surface area contributed by atoms with Crippen LogP contribution in [0.4, 0.5) is 0 Å². The maximum absolute atomic E-state index is 12.3. The van der Waals surface area contributed by atoms with Crippen molar-refractivity contribution in [2.24, 2.45) is 0 Å². The fourth-order valence-corrected chi connectivity index (χ4v) is 3.12. The summed E-state index contributed by atoms with van der Waals surface area (Å²) in [6.45, 7) is 0.255. The van der Waals surface area contributed by atoms with Gasteiger partial charge in [-0.3, -0.25) is 9.89 Å². The van der Waals surface area contributed by atoms with Crippen LogP contribution in [0.15, 0.2) is 36.4 Å². The maximum Gasteiger partial charge on any atom is 0.220 e. The molecule has 0 atom stereocenters. The second kappa shape index (κ2) is 10.3. The van der Waals surface area contributed by atoms with Gasteiger partial charge in [-0.1, -0.05) is 6.07 Å². The Hall–Kier alpha value is -3.75. The molecule has 9 nitrogen and oxygen atoms in total. The van der Waals surface area contributed by atoms with Crippen molar-refractivity contribution in [3.63, 3.8) is 0 Å². The monoisotopic (exact) mass is 426 g/mol. The second-order valence-electron chi connectivity index (χ2n) is 6.60. The SMILES string of the molecule is COc1ccc(-c2n[nH]c(CNC(=O)CCc3ccc(OC)c(OC)c3OC)n2)cc1. The molecule has 0 aliphatic heterocycles. The fourth-order valence-electron chi connectivity index (χ4n) is 3.12. The number of amides is 1. The fraction of sp³-hybridized carbons (Fsp3) is 0.318. The number of carbonyl (C=O) groups excluding carboxylic acids is 1. The Kier molecular flexibility index (Phi) is 7.31. The zero-order valence-corrected chi connectivity index (χ0v) is 18.0. The first-order chi connectivity index (χ1) is 15.1. The van der Waals surface area contributed by atoms with Crippen LogP contribution in [0.1, 0.15) is 17.8 Å². The summed E-state index contributed by atoms with van der Waals surface area (Å²) in [6.07, 6.45) is 0.772. The van der Waals surface area contributed by atoms with E-state index in [2.05, 4.69) is 20.5 Å². The van der Waals surface area contributed by atoms with E-state index in [-0.39, 0.29) is 18.9 Å². The van der Waals surface area contributed by atoms with E-state index in [1.54, 1.807) is 34.5 Å². The first-order valence-electron chi connectivity index (χ1n) is 9.69. The minimum absolute atomic E-state index is 0.112. The highest BCUT2D eigenvalue weighted by molar-refractivity contribution is 5.76. The van der Waals surface area contributed by atoms with E-state index < -0.39 is 0 Å². The van der Waals surface area contributed by atoms with Crippen molar-refractivity contribution < 1.29 is 23.7 Å². The molecule has 2 aromatic carbocycles. The molecule has 3 aromatic rings. The second-order valence-corrected chi connectivity index (χ2v) is 6.60. The number of benzene rings is 2. The normalized spacial score (nSPS) is 10.5. The third-order valence-electron chi connectivity index (χ3n) is 4.74. The van der Waals surface area contributed by atoms with Crippen LogP contribution < -0.4 is 24.3 Å². The number of ether oxygens (including phenoxy) is 4. The molecule has 0 spiro atoms. The molecule has 0 saturated heterocycles. The first-order valence-corrected chi connectivity index (χ1v) is 9.69. The molecular weight excluding hydrogens is 400 g/mol. The van der Waals surface area contributed by atoms with Crippen LogP contribution in [0.5, 0.6) is 23.0 Å². The van der Waals surface area contributed by atoms with Gasteiger partial charge in [0.1, 0.15) is 11.6 Å². The lowest BCUT2D eigenvalue weighted by molar-refractivity contribution is -0.121. The number of carbonyl (C=O) groups is 1. The van der Waals surface area contributed by atoms with Crippen molar-refractivity contribution in [3.8, 4) is 34.4 Å². The number of aromatic amines is 1. The van der Waals surface area contributed by atoms with Crippen LogP contribution in [0.3, 0.4) is 0 Å². The average molecular weight is 426 g/mol. The largest absolute Gasteiger partial charge is 0.497 e. The molecule has 164 valence electrons. The summed E-state index contributed by atoms with van der Waals surface area (Å²) in [5, 5.41) is 9.90. The number of H-pyrrole nitrogens is 1. The Morgan fingerprint density at radius 1 is 0.935 bits per heavy atom. The Bertz CT molecular complexity index is 1020. The molecule has 2 N–H and O–H groups in total. The van der Waals surface area contributed by atoms with E-state index >= 15 is 0 Å². The third-order valence-corrected chi connectivity index (χ3v) is 4.74. The van der Waals surface area contributed by atoms with Gasteiger partial charge < -0.3 is 24.3 Å². The molecule has 0 aliphatic rings. The van der Waals surface area contributed by atoms with Gasteiger partial charge in [-0.05, 0) is 42.3 Å². The van der Waals surface area contributed by atoms with E-state index in [4.69, 9.17) is 18.9 Å². The zero-order valence-electron chi connectivity index (χ0n) is 18.0. The Morgan fingerprint density at radius 2 is 1.68 bits per heavy atom. The third kappa shape index (κ3) is 5.25. The summed E-state index contributed by atoms with van der Waals surface area (Å²) in [5.74, 6) is 3.43. The number of hydrogen-bond donors (Lipinski definition) is 2. The van der Waals surface area contributed by atoms with Crippen LogP contribution in [0.2, 0.25) is 0 Å². The first kappa shape index (κ1) is 21.9. The smallest absolute Gasteiger partial charge is 0.220 e. The lowest BCUT2D eigenvalue weighted by Crippen LogP contribution is -2.23. The summed E-state index contributed by atoms with van der Waals surface area (Å²) >= 11 is 0. The van der Waals surface area contributed by atoms with Crippen LogP contribution in [0.25, 0.3) is 11.4 Å². The number of nitrogens with one attached hydrogen (secondary N) is 2. The molecule has 0 fully saturated rings. The molecule has 0 saturated carbocycles. The van der Waals surface area contributed by atoms with E-state index in [1.165, 1.54) is 0 Å². The van der Waals surface area contributed by atoms with Crippen LogP contribution in [-0.2, 0) is 17.8 Å². The molecule has 1 heterocycles. The van der Waals surface area contributed by atoms with Gasteiger partial charge >= 0.3 is 0 Å². The highest BCUT2D eigenvalue weighted by atomic mass is 16.5. The van der Waals surface area contributed by atoms with Gasteiger partial charge in [0.05, 0.1) is 35.0 Å². The van der Waals surface area contributed by atoms with Crippen LogP contribution in [0, 0.1) is 0 Å². The number of aryl methyl sites for hydroxylation is 1. The number of nitrogens with zero attached hydrogens (tertiary/aromatic N) is 2. The van der Waals surface area contributed by atoms with Crippen molar-refractivity contribution in [2.75, 3.05) is 28.4 Å². The van der Waals surface area contributed by atoms with Gasteiger partial charge in [0.2, 0.25) is 11.7 Å². The number of methoxy groups -OCH3 is 4. The Labute approximate surface area is 180 Å². The highest BCUT2D eigenvalue weighted by Crippen LogP contribution is 2.40. The van der Waals surface area contributed by atoms with Gasteiger partial charge in [-0.2, -0.15) is 5.10 Å². The molecule has 0 unspecified atom stereocenters. The van der Waals surface area contributed by atoms with E-state index in [1.807, 2.05) is 30.3 Å². The van der Waals surface area contributed by atoms with Gasteiger partial charge in [0.15, 0.2) is 17.3 Å². The predicted octanol–water partition coefficient (Wildman–Crippen LogP) is 2.76. The quantitative estimate of drug-likeness (QED) is 0.513. The molecule has 1 aromatic heterocycles. The standard InChI is InChI=1S/C22H26N4O5/c1-28-16-9-5-15(6-10-16)22-24-18(25-26-22)13-23-19(27)12-8-14-7-11-17(29-2)21(31-4)20(14)30-3/h5-7,9-11H,8,12-13H2,1-4H3,(H,23,27)(H,24,25,26). The average Bonchev–Trinajstić information content (AvgIpc) is 3.29. The minimum Gasteiger partial charge on any atom is -0.497 e. The number of hydrogen-bond acceptors (Lipinski definition) is 7. The molecule has 31 heavy (non-hydrogen) atoms. The van der Waals surface area contributed by atoms with Gasteiger partial charge in [-0.15, -0.1) is 0 Å². The summed E-state index contributed by atoms with van der Waals surface area (Å²) in [6, 6.07) is 11.1. The minimum atomic E-state index is -0.112. The lowest BCUT2D eigenvalue weighted by Gasteiger charge is -2.15. The molecule has 3 rings (SSSR count). The lowest BCUT2D eigenvalue weighted by atomic mass is 10.1. The molecule has 1 amide bonds. The van der Waals surface area contributed by atoms with Crippen molar-refractivity contribution in [3.05, 3.63) is 47.8 Å². The number of rotatable bonds is 10. The Balaban J connectivity index is 1.56. The molecule has 9 heteroatoms. The summed E-state index contributed by atoms with van der Waals surface area (Å²) in [5.41, 5.74) is 1.71. The van der Waals surface area contributed by atoms with Gasteiger partial charge in [-0.25, -0.2) is 4.98 Å². The zero-order chi connectivity index (χ0) is 22.2. The summed E-state index contributed by atoms with van der Waals surface area (Å²) in [7, 11) is 6.29. The Morgan fingerprint density at radius 3 is 2.32 bits per heavy atom. The van der Waals surface area contributed by atoms with Crippen molar-refractivity contribution in [1.82, 2.24) is 20.5 Å². The van der Waals surface area contributed by atoms with Gasteiger partial charge in [0, 0.05) is 12.0 Å². The molecule has 0 aliphatic carbocycles. The predicted molar refractivity (Wildman–Crippen MR) is 115 cm³/mol. The van der Waals surface area contributed by atoms with Crippen molar-refractivity contribution in [1.29, 1.82) is 0 Å². The molecular formula is C22H26N4O5. The van der Waals surface area contributed by atoms with Crippen LogP contribution in [-0.4, -0.2) is 49.5 Å². The van der Waals surface area contributed by atoms with Crippen molar-refractivity contribution >= 4 is 5.91 Å². The van der Waals surface area contributed by atoms with E-state index in [0.717, 1.165) is 16.9 Å². The van der Waals surface area contributed by atoms with Crippen molar-refractivity contribution in [2.45, 2.75) is 19.4 Å². The van der Waals surface area contributed by atoms with Gasteiger partial charge in [0.25, 0.3) is 0 Å². The van der Waals surface area contributed by atoms with E-state index in [0.29, 0.717) is 35.3 Å².